The van der Waals surface area contributed by atoms with Gasteiger partial charge in [-0.25, -0.2) is 0 Å². The first-order valence-corrected chi connectivity index (χ1v) is 10.1. The predicted octanol–water partition coefficient (Wildman–Crippen LogP) is 2.68. The van der Waals surface area contributed by atoms with E-state index < -0.39 is 0 Å². The van der Waals surface area contributed by atoms with E-state index in [-0.39, 0.29) is 12.0 Å². The molecule has 4 heteroatoms. The number of quaternary nitrogens is 1. The van der Waals surface area contributed by atoms with Crippen molar-refractivity contribution in [2.24, 2.45) is 0 Å². The molecule has 0 unspecified atom stereocenters. The summed E-state index contributed by atoms with van der Waals surface area (Å²) >= 11 is 0. The van der Waals surface area contributed by atoms with Crippen molar-refractivity contribution in [3.8, 4) is 5.75 Å². The van der Waals surface area contributed by atoms with E-state index in [0.717, 1.165) is 17.9 Å². The first-order valence-electron chi connectivity index (χ1n) is 10.1. The summed E-state index contributed by atoms with van der Waals surface area (Å²) in [6.07, 6.45) is 2.76. The highest BCUT2D eigenvalue weighted by molar-refractivity contribution is 5.97. The Morgan fingerprint density at radius 3 is 2.59 bits per heavy atom. The first kappa shape index (κ1) is 18.1. The highest BCUT2D eigenvalue weighted by Crippen LogP contribution is 2.40. The molecule has 4 nitrogen and oxygen atoms in total. The van der Waals surface area contributed by atoms with Crippen molar-refractivity contribution in [2.45, 2.75) is 51.8 Å². The van der Waals surface area contributed by atoms with Gasteiger partial charge in [-0.1, -0.05) is 43.3 Å². The molecule has 1 saturated heterocycles. The summed E-state index contributed by atoms with van der Waals surface area (Å²) in [7, 11) is 0. The molecule has 2 heterocycles. The van der Waals surface area contributed by atoms with E-state index >= 15 is 0 Å². The molecule has 4 rings (SSSR count). The Kier molecular flexibility index (Phi) is 5.17. The van der Waals surface area contributed by atoms with Gasteiger partial charge in [0.2, 0.25) is 0 Å². The van der Waals surface area contributed by atoms with Gasteiger partial charge in [0.15, 0.2) is 0 Å². The number of carbonyl (C=O) groups excluding carboxylic acids is 1. The normalized spacial score (nSPS) is 21.7. The maximum atomic E-state index is 12.9. The second-order valence-electron chi connectivity index (χ2n) is 7.92. The summed E-state index contributed by atoms with van der Waals surface area (Å²) in [5, 5.41) is 3.11. The Bertz CT molecular complexity index is 827. The van der Waals surface area contributed by atoms with E-state index in [4.69, 9.17) is 4.74 Å². The molecule has 0 bridgehead atoms. The summed E-state index contributed by atoms with van der Waals surface area (Å²) in [5.41, 5.74) is 4.33. The van der Waals surface area contributed by atoms with Crippen molar-refractivity contribution in [3.05, 3.63) is 64.7 Å². The van der Waals surface area contributed by atoms with Crippen LogP contribution in [0, 0.1) is 0 Å². The summed E-state index contributed by atoms with van der Waals surface area (Å²) in [6.45, 7) is 8.31. The Morgan fingerprint density at radius 1 is 1.07 bits per heavy atom. The van der Waals surface area contributed by atoms with Crippen LogP contribution in [0.3, 0.4) is 0 Å². The molecule has 1 amide bonds. The van der Waals surface area contributed by atoms with Gasteiger partial charge in [0.1, 0.15) is 18.4 Å². The van der Waals surface area contributed by atoms with E-state index in [1.807, 2.05) is 12.1 Å². The zero-order valence-corrected chi connectivity index (χ0v) is 16.3. The van der Waals surface area contributed by atoms with Crippen LogP contribution in [0.2, 0.25) is 0 Å². The van der Waals surface area contributed by atoms with E-state index in [1.54, 1.807) is 4.90 Å². The Balaban J connectivity index is 1.47. The molecular formula is C23H29N2O2+. The summed E-state index contributed by atoms with van der Waals surface area (Å²) in [4.78, 5) is 14.5. The molecule has 1 fully saturated rings. The van der Waals surface area contributed by atoms with Gasteiger partial charge in [0.05, 0.1) is 18.7 Å². The lowest BCUT2D eigenvalue weighted by Gasteiger charge is -2.16. The molecule has 2 aromatic rings. The zero-order chi connectivity index (χ0) is 18.8. The van der Waals surface area contributed by atoms with Gasteiger partial charge in [-0.15, -0.1) is 0 Å². The lowest BCUT2D eigenvalue weighted by molar-refractivity contribution is -0.901. The monoisotopic (exact) mass is 365 g/mol. The molecule has 142 valence electrons. The van der Waals surface area contributed by atoms with Gasteiger partial charge in [-0.2, -0.15) is 0 Å². The van der Waals surface area contributed by atoms with Crippen molar-refractivity contribution in [1.29, 1.82) is 0 Å². The number of nitrogens with one attached hydrogen (secondary N) is 2. The smallest absolute Gasteiger partial charge is 0.255 e. The molecule has 2 aliphatic rings. The van der Waals surface area contributed by atoms with E-state index in [1.165, 1.54) is 37.1 Å². The van der Waals surface area contributed by atoms with Crippen LogP contribution in [0.5, 0.6) is 5.75 Å². The maximum Gasteiger partial charge on any atom is 0.255 e. The number of hydrogen-bond acceptors (Lipinski definition) is 2. The van der Waals surface area contributed by atoms with E-state index in [9.17, 15) is 4.79 Å². The molecule has 2 N–H and O–H groups in total. The van der Waals surface area contributed by atoms with Gasteiger partial charge in [-0.05, 0) is 18.6 Å². The zero-order valence-electron chi connectivity index (χ0n) is 16.3. The number of benzene rings is 2. The van der Waals surface area contributed by atoms with Crippen LogP contribution < -0.4 is 15.0 Å². The van der Waals surface area contributed by atoms with E-state index in [2.05, 4.69) is 49.5 Å². The Labute approximate surface area is 161 Å². The van der Waals surface area contributed by atoms with Gasteiger partial charge >= 0.3 is 0 Å². The molecule has 0 aromatic heterocycles. The first-order chi connectivity index (χ1) is 13.1. The van der Waals surface area contributed by atoms with Crippen LogP contribution in [0.4, 0.5) is 0 Å². The molecule has 0 spiro atoms. The van der Waals surface area contributed by atoms with Gasteiger partial charge < -0.3 is 15.0 Å². The molecule has 2 atom stereocenters. The maximum absolute atomic E-state index is 12.9. The Hall–Kier alpha value is -2.33. The topological polar surface area (TPSA) is 42.8 Å². The van der Waals surface area contributed by atoms with Crippen molar-refractivity contribution in [2.75, 3.05) is 13.1 Å². The number of carbonyl (C=O) groups is 1. The summed E-state index contributed by atoms with van der Waals surface area (Å²) in [5.74, 6) is 1.01. The highest BCUT2D eigenvalue weighted by atomic mass is 16.5. The fraction of sp³-hybridized carbons (Fsp3) is 0.435. The SMILES string of the molecule is C[C@@H]1Oc2c(C(=O)NCc3ccccc3C[NH+]3CCCC3)cccc2[C@H]1C. The lowest BCUT2D eigenvalue weighted by atomic mass is 9.97. The van der Waals surface area contributed by atoms with Gasteiger partial charge in [0, 0.05) is 36.4 Å². The summed E-state index contributed by atoms with van der Waals surface area (Å²) < 4.78 is 5.97. The van der Waals surface area contributed by atoms with Crippen molar-refractivity contribution in [1.82, 2.24) is 5.32 Å². The van der Waals surface area contributed by atoms with Crippen LogP contribution >= 0.6 is 0 Å². The minimum absolute atomic E-state index is 0.0588. The largest absolute Gasteiger partial charge is 0.489 e. The van der Waals surface area contributed by atoms with Crippen molar-refractivity contribution in [3.63, 3.8) is 0 Å². The van der Waals surface area contributed by atoms with Crippen molar-refractivity contribution < 1.29 is 14.4 Å². The molecule has 2 aromatic carbocycles. The fourth-order valence-electron chi connectivity index (χ4n) is 4.26. The lowest BCUT2D eigenvalue weighted by Crippen LogP contribution is -3.08. The standard InChI is InChI=1S/C23H28N2O2/c1-16-17(2)27-22-20(16)10-7-11-21(22)23(26)24-14-18-8-3-4-9-19(18)15-25-12-5-6-13-25/h3-4,7-11,16-17H,5-6,12-15H2,1-2H3,(H,24,26)/p+1/t16-,17-/m0/s1. The number of amides is 1. The van der Waals surface area contributed by atoms with Crippen LogP contribution in [-0.4, -0.2) is 25.1 Å². The number of likely N-dealkylation sites (tertiary alicyclic amines) is 1. The molecular weight excluding hydrogens is 336 g/mol. The number of ether oxygens (including phenoxy) is 1. The molecule has 0 radical (unpaired) electrons. The van der Waals surface area contributed by atoms with Crippen molar-refractivity contribution >= 4 is 5.91 Å². The third-order valence-electron chi connectivity index (χ3n) is 6.10. The second kappa shape index (κ2) is 7.73. The molecule has 2 aliphatic heterocycles. The number of fused-ring (bicyclic) bond motifs is 1. The fourth-order valence-corrected chi connectivity index (χ4v) is 4.26. The number of para-hydroxylation sites is 1. The summed E-state index contributed by atoms with van der Waals surface area (Å²) in [6, 6.07) is 14.3. The highest BCUT2D eigenvalue weighted by Gasteiger charge is 2.31. The minimum atomic E-state index is -0.0588. The average molecular weight is 365 g/mol. The van der Waals surface area contributed by atoms with Crippen LogP contribution in [0.25, 0.3) is 0 Å². The van der Waals surface area contributed by atoms with Gasteiger partial charge in [-0.3, -0.25) is 4.79 Å². The third-order valence-corrected chi connectivity index (χ3v) is 6.10. The van der Waals surface area contributed by atoms with Gasteiger partial charge in [0.25, 0.3) is 5.91 Å². The van der Waals surface area contributed by atoms with E-state index in [0.29, 0.717) is 18.0 Å². The van der Waals surface area contributed by atoms with Crippen LogP contribution in [-0.2, 0) is 13.1 Å². The molecule has 0 saturated carbocycles. The third kappa shape index (κ3) is 3.72. The quantitative estimate of drug-likeness (QED) is 0.856. The minimum Gasteiger partial charge on any atom is -0.489 e. The number of rotatable bonds is 5. The number of hydrogen-bond donors (Lipinski definition) is 2. The molecule has 27 heavy (non-hydrogen) atoms. The van der Waals surface area contributed by atoms with Crippen LogP contribution in [0.1, 0.15) is 59.7 Å². The average Bonchev–Trinajstić information content (AvgIpc) is 3.29. The second-order valence-corrected chi connectivity index (χ2v) is 7.92. The molecule has 0 aliphatic carbocycles. The predicted molar refractivity (Wildman–Crippen MR) is 106 cm³/mol. The Morgan fingerprint density at radius 2 is 1.81 bits per heavy atom. The van der Waals surface area contributed by atoms with Crippen LogP contribution in [0.15, 0.2) is 42.5 Å².